The third-order valence-corrected chi connectivity index (χ3v) is 5.43. The number of amides is 2. The van der Waals surface area contributed by atoms with Crippen LogP contribution in [-0.4, -0.2) is 17.9 Å². The van der Waals surface area contributed by atoms with Gasteiger partial charge in [-0.1, -0.05) is 43.3 Å². The Morgan fingerprint density at radius 2 is 1.76 bits per heavy atom. The quantitative estimate of drug-likeness (QED) is 0.617. The van der Waals surface area contributed by atoms with E-state index in [0.717, 1.165) is 16.9 Å². The zero-order chi connectivity index (χ0) is 20.4. The van der Waals surface area contributed by atoms with Crippen molar-refractivity contribution in [3.8, 4) is 0 Å². The highest BCUT2D eigenvalue weighted by Gasteiger charge is 2.38. The first-order valence-electron chi connectivity index (χ1n) is 9.95. The summed E-state index contributed by atoms with van der Waals surface area (Å²) in [5.41, 5.74) is 2.64. The summed E-state index contributed by atoms with van der Waals surface area (Å²) in [6.45, 7) is 3.91. The van der Waals surface area contributed by atoms with Crippen molar-refractivity contribution < 1.29 is 14.0 Å². The zero-order valence-electron chi connectivity index (χ0n) is 16.6. The summed E-state index contributed by atoms with van der Waals surface area (Å²) >= 11 is 0. The van der Waals surface area contributed by atoms with E-state index in [-0.39, 0.29) is 23.9 Å². The Labute approximate surface area is 170 Å². The van der Waals surface area contributed by atoms with Gasteiger partial charge in [0.15, 0.2) is 5.76 Å². The molecule has 0 saturated carbocycles. The van der Waals surface area contributed by atoms with Gasteiger partial charge < -0.3 is 9.32 Å². The molecule has 5 nitrogen and oxygen atoms in total. The molecule has 0 N–H and O–H groups in total. The van der Waals surface area contributed by atoms with E-state index in [1.165, 1.54) is 6.26 Å². The molecule has 0 aliphatic carbocycles. The molecule has 1 aliphatic heterocycles. The summed E-state index contributed by atoms with van der Waals surface area (Å²) < 4.78 is 5.42. The van der Waals surface area contributed by atoms with Crippen molar-refractivity contribution in [3.63, 3.8) is 0 Å². The zero-order valence-corrected chi connectivity index (χ0v) is 16.6. The number of nitrogens with zero attached hydrogens (tertiary/aromatic N) is 2. The van der Waals surface area contributed by atoms with E-state index in [1.54, 1.807) is 17.0 Å². The van der Waals surface area contributed by atoms with Gasteiger partial charge in [0.25, 0.3) is 5.91 Å². The van der Waals surface area contributed by atoms with Crippen molar-refractivity contribution in [1.82, 2.24) is 0 Å². The van der Waals surface area contributed by atoms with Crippen LogP contribution in [0.4, 0.5) is 11.4 Å². The van der Waals surface area contributed by atoms with E-state index in [4.69, 9.17) is 4.42 Å². The molecule has 2 aromatic carbocycles. The van der Waals surface area contributed by atoms with Gasteiger partial charge in [0, 0.05) is 23.8 Å². The second-order valence-electron chi connectivity index (χ2n) is 7.26. The van der Waals surface area contributed by atoms with Crippen LogP contribution in [0, 0.1) is 0 Å². The van der Waals surface area contributed by atoms with Crippen molar-refractivity contribution >= 4 is 23.2 Å². The molecule has 0 bridgehead atoms. The minimum absolute atomic E-state index is 0.0297. The van der Waals surface area contributed by atoms with Crippen LogP contribution in [0.5, 0.6) is 0 Å². The molecular weight excluding hydrogens is 364 g/mol. The molecule has 0 saturated heterocycles. The Morgan fingerprint density at radius 1 is 1.03 bits per heavy atom. The Balaban J connectivity index is 1.84. The third kappa shape index (κ3) is 3.44. The number of furan rings is 1. The molecule has 2 unspecified atom stereocenters. The molecule has 2 heterocycles. The standard InChI is InChI=1S/C24H24N2O3/c1-3-23(27)25-17(2)16-21(19-12-7-8-13-20(19)25)26(18-10-5-4-6-11-18)24(28)22-14-9-15-29-22/h4-15,17,21H,3,16H2,1-2H3. The van der Waals surface area contributed by atoms with Gasteiger partial charge in [0.2, 0.25) is 5.91 Å². The van der Waals surface area contributed by atoms with Crippen molar-refractivity contribution in [2.75, 3.05) is 9.80 Å². The highest BCUT2D eigenvalue weighted by atomic mass is 16.3. The van der Waals surface area contributed by atoms with Gasteiger partial charge in [0.1, 0.15) is 0 Å². The minimum Gasteiger partial charge on any atom is -0.459 e. The fourth-order valence-electron chi connectivity index (χ4n) is 4.12. The maximum atomic E-state index is 13.4. The molecule has 1 aliphatic rings. The molecule has 0 spiro atoms. The van der Waals surface area contributed by atoms with Gasteiger partial charge in [-0.05, 0) is 49.2 Å². The third-order valence-electron chi connectivity index (χ3n) is 5.43. The van der Waals surface area contributed by atoms with Crippen molar-refractivity contribution in [1.29, 1.82) is 0 Å². The molecule has 148 valence electrons. The number of anilines is 2. The van der Waals surface area contributed by atoms with Crippen molar-refractivity contribution in [2.24, 2.45) is 0 Å². The number of rotatable bonds is 4. The maximum absolute atomic E-state index is 13.4. The number of benzene rings is 2. The number of fused-ring (bicyclic) bond motifs is 1. The van der Waals surface area contributed by atoms with Gasteiger partial charge in [-0.15, -0.1) is 0 Å². The van der Waals surface area contributed by atoms with Gasteiger partial charge in [-0.3, -0.25) is 14.5 Å². The molecule has 1 aromatic heterocycles. The molecule has 3 aromatic rings. The molecule has 2 atom stereocenters. The number of hydrogen-bond acceptors (Lipinski definition) is 3. The summed E-state index contributed by atoms with van der Waals surface area (Å²) in [5.74, 6) is 0.196. The van der Waals surface area contributed by atoms with Crippen LogP contribution in [0.15, 0.2) is 77.4 Å². The number of hydrogen-bond donors (Lipinski definition) is 0. The summed E-state index contributed by atoms with van der Waals surface area (Å²) in [7, 11) is 0. The predicted molar refractivity (Wildman–Crippen MR) is 113 cm³/mol. The normalized spacial score (nSPS) is 18.2. The van der Waals surface area contributed by atoms with Gasteiger partial charge >= 0.3 is 0 Å². The molecule has 5 heteroatoms. The Morgan fingerprint density at radius 3 is 2.45 bits per heavy atom. The fraction of sp³-hybridized carbons (Fsp3) is 0.250. The average Bonchev–Trinajstić information content (AvgIpc) is 3.29. The number of carbonyl (C=O) groups is 2. The van der Waals surface area contributed by atoms with Gasteiger partial charge in [-0.25, -0.2) is 0 Å². The largest absolute Gasteiger partial charge is 0.459 e. The van der Waals surface area contributed by atoms with E-state index in [9.17, 15) is 9.59 Å². The monoisotopic (exact) mass is 388 g/mol. The smallest absolute Gasteiger partial charge is 0.294 e. The lowest BCUT2D eigenvalue weighted by Crippen LogP contribution is -2.47. The Kier molecular flexibility index (Phi) is 5.21. The minimum atomic E-state index is -0.206. The summed E-state index contributed by atoms with van der Waals surface area (Å²) in [6.07, 6.45) is 2.59. The SMILES string of the molecule is CCC(=O)N1c2ccccc2C(N(C(=O)c2ccco2)c2ccccc2)CC1C. The lowest BCUT2D eigenvalue weighted by atomic mass is 9.89. The van der Waals surface area contributed by atoms with E-state index in [1.807, 2.05) is 73.3 Å². The highest BCUT2D eigenvalue weighted by Crippen LogP contribution is 2.42. The van der Waals surface area contributed by atoms with Crippen LogP contribution in [0.2, 0.25) is 0 Å². The predicted octanol–water partition coefficient (Wildman–Crippen LogP) is 5.20. The number of carbonyl (C=O) groups excluding carboxylic acids is 2. The van der Waals surface area contributed by atoms with Crippen LogP contribution in [0.3, 0.4) is 0 Å². The van der Waals surface area contributed by atoms with Crippen LogP contribution >= 0.6 is 0 Å². The van der Waals surface area contributed by atoms with Crippen LogP contribution < -0.4 is 9.80 Å². The maximum Gasteiger partial charge on any atom is 0.294 e. The second kappa shape index (κ2) is 7.95. The number of para-hydroxylation sites is 2. The van der Waals surface area contributed by atoms with Crippen molar-refractivity contribution in [3.05, 3.63) is 84.3 Å². The summed E-state index contributed by atoms with van der Waals surface area (Å²) in [5, 5.41) is 0. The van der Waals surface area contributed by atoms with E-state index in [2.05, 4.69) is 0 Å². The van der Waals surface area contributed by atoms with Crippen LogP contribution in [0.25, 0.3) is 0 Å². The lowest BCUT2D eigenvalue weighted by molar-refractivity contribution is -0.118. The molecule has 4 rings (SSSR count). The van der Waals surface area contributed by atoms with Crippen LogP contribution in [-0.2, 0) is 4.79 Å². The molecule has 0 radical (unpaired) electrons. The van der Waals surface area contributed by atoms with E-state index >= 15 is 0 Å². The summed E-state index contributed by atoms with van der Waals surface area (Å²) in [4.78, 5) is 29.7. The van der Waals surface area contributed by atoms with Crippen molar-refractivity contribution in [2.45, 2.75) is 38.8 Å². The molecular formula is C24H24N2O3. The molecule has 29 heavy (non-hydrogen) atoms. The van der Waals surface area contributed by atoms with Crippen LogP contribution in [0.1, 0.15) is 48.8 Å². The van der Waals surface area contributed by atoms with Gasteiger partial charge in [0.05, 0.1) is 12.3 Å². The Hall–Kier alpha value is -3.34. The molecule has 2 amide bonds. The Bertz CT molecular complexity index is 998. The first-order valence-corrected chi connectivity index (χ1v) is 9.95. The fourth-order valence-corrected chi connectivity index (χ4v) is 4.12. The van der Waals surface area contributed by atoms with E-state index in [0.29, 0.717) is 18.6 Å². The van der Waals surface area contributed by atoms with E-state index < -0.39 is 0 Å². The summed E-state index contributed by atoms with van der Waals surface area (Å²) in [6, 6.07) is 20.7. The lowest BCUT2D eigenvalue weighted by Gasteiger charge is -2.43. The molecule has 0 fully saturated rings. The highest BCUT2D eigenvalue weighted by molar-refractivity contribution is 6.05. The first kappa shape index (κ1) is 19.0. The van der Waals surface area contributed by atoms with Gasteiger partial charge in [-0.2, -0.15) is 0 Å². The first-order chi connectivity index (χ1) is 14.1. The topological polar surface area (TPSA) is 53.8 Å². The average molecular weight is 388 g/mol. The second-order valence-corrected chi connectivity index (χ2v) is 7.26.